The molecule has 2 unspecified atom stereocenters. The van der Waals surface area contributed by atoms with Crippen LogP contribution in [0.4, 0.5) is 0 Å². The van der Waals surface area contributed by atoms with Crippen molar-refractivity contribution in [3.63, 3.8) is 0 Å². The molecule has 0 radical (unpaired) electrons. The molecule has 2 fully saturated rings. The van der Waals surface area contributed by atoms with E-state index in [-0.39, 0.29) is 24.3 Å². The fourth-order valence-electron chi connectivity index (χ4n) is 3.06. The van der Waals surface area contributed by atoms with Crippen molar-refractivity contribution < 1.29 is 9.59 Å². The van der Waals surface area contributed by atoms with Crippen molar-refractivity contribution in [3.05, 3.63) is 23.2 Å². The van der Waals surface area contributed by atoms with E-state index in [0.717, 1.165) is 19.3 Å². The first kappa shape index (κ1) is 14.3. The molecule has 0 aliphatic carbocycles. The van der Waals surface area contributed by atoms with Crippen molar-refractivity contribution >= 4 is 23.4 Å². The highest BCUT2D eigenvalue weighted by Gasteiger charge is 2.38. The SMILES string of the molecule is O=C(NCc1nccnc1Cl)C1CCC2CCC(=O)N2C1. The minimum Gasteiger partial charge on any atom is -0.350 e. The van der Waals surface area contributed by atoms with Gasteiger partial charge in [0.2, 0.25) is 11.8 Å². The van der Waals surface area contributed by atoms with Gasteiger partial charge in [-0.25, -0.2) is 4.98 Å². The normalized spacial score (nSPS) is 24.8. The van der Waals surface area contributed by atoms with Crippen LogP contribution < -0.4 is 5.32 Å². The molecular formula is C14H17ClN4O2. The molecule has 2 atom stereocenters. The van der Waals surface area contributed by atoms with E-state index in [2.05, 4.69) is 15.3 Å². The van der Waals surface area contributed by atoms with Crippen LogP contribution in [0.2, 0.25) is 5.15 Å². The maximum atomic E-state index is 12.2. The topological polar surface area (TPSA) is 75.2 Å². The number of nitrogens with zero attached hydrogens (tertiary/aromatic N) is 3. The summed E-state index contributed by atoms with van der Waals surface area (Å²) in [5.41, 5.74) is 0.554. The molecule has 0 saturated carbocycles. The summed E-state index contributed by atoms with van der Waals surface area (Å²) in [6.07, 6.45) is 6.34. The molecule has 1 N–H and O–H groups in total. The minimum atomic E-state index is -0.140. The Morgan fingerprint density at radius 2 is 2.14 bits per heavy atom. The van der Waals surface area contributed by atoms with Gasteiger partial charge in [0.25, 0.3) is 0 Å². The second-order valence-electron chi connectivity index (χ2n) is 5.52. The van der Waals surface area contributed by atoms with Gasteiger partial charge in [-0.05, 0) is 19.3 Å². The predicted molar refractivity (Wildman–Crippen MR) is 76.3 cm³/mol. The first-order valence-electron chi connectivity index (χ1n) is 7.17. The molecule has 7 heteroatoms. The van der Waals surface area contributed by atoms with Gasteiger partial charge in [0, 0.05) is 31.4 Å². The minimum absolute atomic E-state index is 0.0464. The first-order valence-corrected chi connectivity index (χ1v) is 7.55. The standard InChI is InChI=1S/C14H17ClN4O2/c15-13-11(16-5-6-17-13)7-18-14(21)9-1-2-10-3-4-12(20)19(10)8-9/h5-6,9-10H,1-4,7-8H2,(H,18,21). The highest BCUT2D eigenvalue weighted by Crippen LogP contribution is 2.30. The molecule has 0 spiro atoms. The molecule has 21 heavy (non-hydrogen) atoms. The number of amides is 2. The lowest BCUT2D eigenvalue weighted by atomic mass is 9.92. The van der Waals surface area contributed by atoms with Gasteiger partial charge in [-0.15, -0.1) is 0 Å². The van der Waals surface area contributed by atoms with Gasteiger partial charge in [-0.2, -0.15) is 0 Å². The molecule has 112 valence electrons. The lowest BCUT2D eigenvalue weighted by Crippen LogP contribution is -2.46. The van der Waals surface area contributed by atoms with Crippen LogP contribution in [0.25, 0.3) is 0 Å². The molecular weight excluding hydrogens is 292 g/mol. The quantitative estimate of drug-likeness (QED) is 0.909. The van der Waals surface area contributed by atoms with E-state index in [1.54, 1.807) is 6.20 Å². The number of piperidine rings is 1. The maximum Gasteiger partial charge on any atom is 0.225 e. The maximum absolute atomic E-state index is 12.2. The van der Waals surface area contributed by atoms with Crippen LogP contribution >= 0.6 is 11.6 Å². The molecule has 2 aliphatic rings. The summed E-state index contributed by atoms with van der Waals surface area (Å²) in [5.74, 6) is -0.0110. The monoisotopic (exact) mass is 308 g/mol. The van der Waals surface area contributed by atoms with Gasteiger partial charge < -0.3 is 10.2 Å². The number of carbonyl (C=O) groups excluding carboxylic acids is 2. The summed E-state index contributed by atoms with van der Waals surface area (Å²) in [5, 5.41) is 3.14. The van der Waals surface area contributed by atoms with E-state index in [1.165, 1.54) is 6.20 Å². The second-order valence-corrected chi connectivity index (χ2v) is 5.88. The Labute approximate surface area is 127 Å². The number of aromatic nitrogens is 2. The Morgan fingerprint density at radius 3 is 2.95 bits per heavy atom. The van der Waals surface area contributed by atoms with Crippen LogP contribution in [-0.2, 0) is 16.1 Å². The Hall–Kier alpha value is -1.69. The summed E-state index contributed by atoms with van der Waals surface area (Å²) >= 11 is 5.91. The van der Waals surface area contributed by atoms with Crippen LogP contribution in [0.1, 0.15) is 31.4 Å². The number of carbonyl (C=O) groups is 2. The molecule has 0 bridgehead atoms. The van der Waals surface area contributed by atoms with Crippen LogP contribution in [0, 0.1) is 5.92 Å². The largest absolute Gasteiger partial charge is 0.350 e. The Bertz CT molecular complexity index is 566. The summed E-state index contributed by atoms with van der Waals surface area (Å²) < 4.78 is 0. The molecule has 2 saturated heterocycles. The van der Waals surface area contributed by atoms with Crippen molar-refractivity contribution in [2.75, 3.05) is 6.54 Å². The van der Waals surface area contributed by atoms with Crippen LogP contribution in [-0.4, -0.2) is 39.3 Å². The van der Waals surface area contributed by atoms with Crippen LogP contribution in [0.15, 0.2) is 12.4 Å². The molecule has 6 nitrogen and oxygen atoms in total. The zero-order valence-corrected chi connectivity index (χ0v) is 12.3. The summed E-state index contributed by atoms with van der Waals surface area (Å²) in [6, 6.07) is 0.344. The number of hydrogen-bond donors (Lipinski definition) is 1. The van der Waals surface area contributed by atoms with E-state index in [9.17, 15) is 9.59 Å². The van der Waals surface area contributed by atoms with Crippen LogP contribution in [0.3, 0.4) is 0 Å². The zero-order chi connectivity index (χ0) is 14.8. The van der Waals surface area contributed by atoms with Crippen molar-refractivity contribution in [1.29, 1.82) is 0 Å². The third kappa shape index (κ3) is 3.00. The number of nitrogens with one attached hydrogen (secondary N) is 1. The Balaban J connectivity index is 1.56. The highest BCUT2D eigenvalue weighted by molar-refractivity contribution is 6.29. The first-order chi connectivity index (χ1) is 10.1. The third-order valence-corrected chi connectivity index (χ3v) is 4.56. The summed E-state index contributed by atoms with van der Waals surface area (Å²) in [4.78, 5) is 33.9. The molecule has 1 aromatic rings. The molecule has 3 heterocycles. The number of hydrogen-bond acceptors (Lipinski definition) is 4. The van der Waals surface area contributed by atoms with E-state index in [0.29, 0.717) is 29.9 Å². The number of rotatable bonds is 3. The Morgan fingerprint density at radius 1 is 1.33 bits per heavy atom. The van der Waals surface area contributed by atoms with Crippen molar-refractivity contribution in [2.24, 2.45) is 5.92 Å². The fourth-order valence-corrected chi connectivity index (χ4v) is 3.24. The molecule has 2 amide bonds. The zero-order valence-electron chi connectivity index (χ0n) is 11.6. The van der Waals surface area contributed by atoms with Crippen molar-refractivity contribution in [3.8, 4) is 0 Å². The summed E-state index contributed by atoms with van der Waals surface area (Å²) in [6.45, 7) is 0.795. The van der Waals surface area contributed by atoms with Gasteiger partial charge in [0.05, 0.1) is 18.2 Å². The van der Waals surface area contributed by atoms with E-state index < -0.39 is 0 Å². The average molecular weight is 309 g/mol. The second kappa shape index (κ2) is 5.97. The smallest absolute Gasteiger partial charge is 0.225 e. The molecule has 3 rings (SSSR count). The van der Waals surface area contributed by atoms with Crippen molar-refractivity contribution in [1.82, 2.24) is 20.2 Å². The highest BCUT2D eigenvalue weighted by atomic mass is 35.5. The lowest BCUT2D eigenvalue weighted by molar-refractivity contribution is -0.134. The Kier molecular flexibility index (Phi) is 4.05. The predicted octanol–water partition coefficient (Wildman–Crippen LogP) is 1.15. The fraction of sp³-hybridized carbons (Fsp3) is 0.571. The molecule has 0 aromatic carbocycles. The molecule has 2 aliphatic heterocycles. The van der Waals surface area contributed by atoms with Gasteiger partial charge in [0.15, 0.2) is 5.15 Å². The average Bonchev–Trinajstić information content (AvgIpc) is 2.87. The number of halogens is 1. The van der Waals surface area contributed by atoms with E-state index in [1.807, 2.05) is 4.90 Å². The lowest BCUT2D eigenvalue weighted by Gasteiger charge is -2.34. The van der Waals surface area contributed by atoms with Crippen molar-refractivity contribution in [2.45, 2.75) is 38.3 Å². The molecule has 1 aromatic heterocycles. The van der Waals surface area contributed by atoms with E-state index >= 15 is 0 Å². The van der Waals surface area contributed by atoms with Gasteiger partial charge >= 0.3 is 0 Å². The van der Waals surface area contributed by atoms with Gasteiger partial charge in [-0.1, -0.05) is 11.6 Å². The van der Waals surface area contributed by atoms with Crippen LogP contribution in [0.5, 0.6) is 0 Å². The third-order valence-electron chi connectivity index (χ3n) is 4.24. The summed E-state index contributed by atoms with van der Waals surface area (Å²) in [7, 11) is 0. The van der Waals surface area contributed by atoms with Gasteiger partial charge in [0.1, 0.15) is 0 Å². The van der Waals surface area contributed by atoms with Gasteiger partial charge in [-0.3, -0.25) is 14.6 Å². The van der Waals surface area contributed by atoms with E-state index in [4.69, 9.17) is 11.6 Å². The number of fused-ring (bicyclic) bond motifs is 1.